The Labute approximate surface area is 119 Å². The number of hydrogen-bond acceptors (Lipinski definition) is 3. The van der Waals surface area contributed by atoms with E-state index in [4.69, 9.17) is 17.0 Å². The molecule has 19 heavy (non-hydrogen) atoms. The highest BCUT2D eigenvalue weighted by atomic mass is 32.1. The predicted octanol–water partition coefficient (Wildman–Crippen LogP) is 3.18. The molecule has 0 aliphatic heterocycles. The van der Waals surface area contributed by atoms with Gasteiger partial charge in [-0.15, -0.1) is 0 Å². The van der Waals surface area contributed by atoms with Gasteiger partial charge in [-0.2, -0.15) is 0 Å². The maximum Gasteiger partial charge on any atom is 0.413 e. The van der Waals surface area contributed by atoms with Gasteiger partial charge in [-0.3, -0.25) is 5.32 Å². The van der Waals surface area contributed by atoms with Gasteiger partial charge >= 0.3 is 6.09 Å². The molecule has 0 radical (unpaired) electrons. The normalized spacial score (nSPS) is 10.1. The Bertz CT molecular complexity index is 421. The molecule has 1 aromatic carbocycles. The molecule has 0 saturated carbocycles. The number of nitrogens with one attached hydrogen (secondary N) is 1. The molecule has 0 aliphatic carbocycles. The first-order valence-electron chi connectivity index (χ1n) is 6.35. The highest BCUT2D eigenvalue weighted by Gasteiger charge is 2.13. The average Bonchev–Trinajstić information content (AvgIpc) is 2.38. The summed E-state index contributed by atoms with van der Waals surface area (Å²) in [6, 6.07) is 9.67. The number of alkyl carbamates (subject to hydrolysis) is 1. The first-order valence-corrected chi connectivity index (χ1v) is 6.75. The molecule has 0 aromatic heterocycles. The Morgan fingerprint density at radius 1 is 1.37 bits per heavy atom. The number of thiocarbonyl (C=S) groups is 1. The molecule has 1 amide bonds. The quantitative estimate of drug-likeness (QED) is 0.860. The Morgan fingerprint density at radius 2 is 2.00 bits per heavy atom. The van der Waals surface area contributed by atoms with Crippen molar-refractivity contribution >= 4 is 29.1 Å². The molecule has 1 N–H and O–H groups in total. The van der Waals surface area contributed by atoms with E-state index in [1.807, 2.05) is 56.0 Å². The summed E-state index contributed by atoms with van der Waals surface area (Å²) in [5.41, 5.74) is 0.944. The van der Waals surface area contributed by atoms with Gasteiger partial charge < -0.3 is 9.64 Å². The summed E-state index contributed by atoms with van der Waals surface area (Å²) in [6.45, 7) is 6.99. The minimum absolute atomic E-state index is 0.302. The van der Waals surface area contributed by atoms with Gasteiger partial charge in [0.25, 0.3) is 0 Å². The number of amides is 1. The molecule has 0 aliphatic rings. The first-order chi connectivity index (χ1) is 9.04. The predicted molar refractivity (Wildman–Crippen MR) is 81.4 cm³/mol. The second-order valence-corrected chi connectivity index (χ2v) is 4.89. The van der Waals surface area contributed by atoms with Crippen molar-refractivity contribution in [1.29, 1.82) is 0 Å². The summed E-state index contributed by atoms with van der Waals surface area (Å²) < 4.78 is 5.04. The third-order valence-electron chi connectivity index (χ3n) is 2.39. The standard InChI is InChI=1S/C14H20N2O2S/c1-4-16(12-8-6-5-7-9-12)13(19)15-14(17)18-10-11(2)3/h5-9,11H,4,10H2,1-3H3,(H,15,17,19). The molecule has 0 bridgehead atoms. The average molecular weight is 280 g/mol. The van der Waals surface area contributed by atoms with E-state index in [0.717, 1.165) is 5.69 Å². The van der Waals surface area contributed by atoms with Gasteiger partial charge in [-0.05, 0) is 37.2 Å². The maximum absolute atomic E-state index is 11.6. The Balaban J connectivity index is 2.58. The highest BCUT2D eigenvalue weighted by molar-refractivity contribution is 7.80. The Hall–Kier alpha value is -1.62. The molecular formula is C14H20N2O2S. The fraction of sp³-hybridized carbons (Fsp3) is 0.429. The van der Waals surface area contributed by atoms with E-state index in [-0.39, 0.29) is 0 Å². The third-order valence-corrected chi connectivity index (χ3v) is 2.71. The smallest absolute Gasteiger partial charge is 0.413 e. The fourth-order valence-electron chi connectivity index (χ4n) is 1.48. The van der Waals surface area contributed by atoms with Crippen LogP contribution in [0.1, 0.15) is 20.8 Å². The number of hydrogen-bond donors (Lipinski definition) is 1. The number of rotatable bonds is 4. The lowest BCUT2D eigenvalue weighted by Gasteiger charge is -2.23. The molecule has 0 atom stereocenters. The second-order valence-electron chi connectivity index (χ2n) is 4.50. The van der Waals surface area contributed by atoms with Gasteiger partial charge in [0.15, 0.2) is 5.11 Å². The highest BCUT2D eigenvalue weighted by Crippen LogP contribution is 2.12. The zero-order valence-electron chi connectivity index (χ0n) is 11.6. The van der Waals surface area contributed by atoms with Gasteiger partial charge in [0.05, 0.1) is 6.61 Å². The summed E-state index contributed by atoms with van der Waals surface area (Å²) in [5.74, 6) is 0.302. The molecule has 104 valence electrons. The van der Waals surface area contributed by atoms with Crippen molar-refractivity contribution in [3.05, 3.63) is 30.3 Å². The Kier molecular flexibility index (Phi) is 6.29. The van der Waals surface area contributed by atoms with E-state index in [0.29, 0.717) is 24.2 Å². The van der Waals surface area contributed by atoms with Crippen LogP contribution in [-0.2, 0) is 4.74 Å². The Morgan fingerprint density at radius 3 is 2.53 bits per heavy atom. The lowest BCUT2D eigenvalue weighted by atomic mass is 10.2. The summed E-state index contributed by atoms with van der Waals surface area (Å²) in [7, 11) is 0. The molecule has 0 saturated heterocycles. The van der Waals surface area contributed by atoms with E-state index < -0.39 is 6.09 Å². The molecular weight excluding hydrogens is 260 g/mol. The first kappa shape index (κ1) is 15.4. The van der Waals surface area contributed by atoms with Crippen molar-refractivity contribution in [2.45, 2.75) is 20.8 Å². The van der Waals surface area contributed by atoms with Crippen molar-refractivity contribution in [3.63, 3.8) is 0 Å². The van der Waals surface area contributed by atoms with Crippen LogP contribution in [0.15, 0.2) is 30.3 Å². The second kappa shape index (κ2) is 7.74. The number of benzene rings is 1. The van der Waals surface area contributed by atoms with Crippen molar-refractivity contribution in [3.8, 4) is 0 Å². The zero-order chi connectivity index (χ0) is 14.3. The van der Waals surface area contributed by atoms with Gasteiger partial charge in [0.1, 0.15) is 0 Å². The molecule has 0 spiro atoms. The lowest BCUT2D eigenvalue weighted by molar-refractivity contribution is 0.138. The van der Waals surface area contributed by atoms with Crippen molar-refractivity contribution in [2.75, 3.05) is 18.1 Å². The van der Waals surface area contributed by atoms with Gasteiger partial charge in [-0.1, -0.05) is 32.0 Å². The number of para-hydroxylation sites is 1. The summed E-state index contributed by atoms with van der Waals surface area (Å²) in [4.78, 5) is 13.4. The van der Waals surface area contributed by atoms with Crippen LogP contribution < -0.4 is 10.2 Å². The fourth-order valence-corrected chi connectivity index (χ4v) is 1.80. The third kappa shape index (κ3) is 5.26. The van der Waals surface area contributed by atoms with Gasteiger partial charge in [0, 0.05) is 12.2 Å². The molecule has 0 unspecified atom stereocenters. The van der Waals surface area contributed by atoms with E-state index >= 15 is 0 Å². The molecule has 5 heteroatoms. The number of nitrogens with zero attached hydrogens (tertiary/aromatic N) is 1. The summed E-state index contributed by atoms with van der Waals surface area (Å²) in [5, 5.41) is 2.93. The lowest BCUT2D eigenvalue weighted by Crippen LogP contribution is -2.43. The minimum Gasteiger partial charge on any atom is -0.449 e. The monoisotopic (exact) mass is 280 g/mol. The van der Waals surface area contributed by atoms with Crippen LogP contribution in [0.2, 0.25) is 0 Å². The number of carbonyl (C=O) groups is 1. The van der Waals surface area contributed by atoms with Crippen molar-refractivity contribution < 1.29 is 9.53 Å². The minimum atomic E-state index is -0.506. The number of ether oxygens (including phenoxy) is 1. The summed E-state index contributed by atoms with van der Waals surface area (Å²) >= 11 is 5.23. The number of anilines is 1. The maximum atomic E-state index is 11.6. The van der Waals surface area contributed by atoms with E-state index in [9.17, 15) is 4.79 Å². The molecule has 0 fully saturated rings. The van der Waals surface area contributed by atoms with Crippen LogP contribution in [0, 0.1) is 5.92 Å². The van der Waals surface area contributed by atoms with Crippen LogP contribution in [0.3, 0.4) is 0 Å². The van der Waals surface area contributed by atoms with Gasteiger partial charge in [0.2, 0.25) is 0 Å². The van der Waals surface area contributed by atoms with Gasteiger partial charge in [-0.25, -0.2) is 4.79 Å². The zero-order valence-corrected chi connectivity index (χ0v) is 12.4. The SMILES string of the molecule is CCN(C(=S)NC(=O)OCC(C)C)c1ccccc1. The van der Waals surface area contributed by atoms with Crippen LogP contribution in [0.25, 0.3) is 0 Å². The van der Waals surface area contributed by atoms with Crippen molar-refractivity contribution in [2.24, 2.45) is 5.92 Å². The molecule has 1 aromatic rings. The van der Waals surface area contributed by atoms with Crippen LogP contribution >= 0.6 is 12.2 Å². The summed E-state index contributed by atoms with van der Waals surface area (Å²) in [6.07, 6.45) is -0.506. The van der Waals surface area contributed by atoms with E-state index in [1.165, 1.54) is 0 Å². The topological polar surface area (TPSA) is 41.6 Å². The van der Waals surface area contributed by atoms with Crippen LogP contribution in [-0.4, -0.2) is 24.4 Å². The largest absolute Gasteiger partial charge is 0.449 e. The van der Waals surface area contributed by atoms with Crippen molar-refractivity contribution in [1.82, 2.24) is 5.32 Å². The molecule has 4 nitrogen and oxygen atoms in total. The van der Waals surface area contributed by atoms with Crippen LogP contribution in [0.5, 0.6) is 0 Å². The molecule has 0 heterocycles. The molecule has 1 rings (SSSR count). The number of carbonyl (C=O) groups excluding carboxylic acids is 1. The van der Waals surface area contributed by atoms with Crippen LogP contribution in [0.4, 0.5) is 10.5 Å². The van der Waals surface area contributed by atoms with E-state index in [2.05, 4.69) is 5.32 Å². The van der Waals surface area contributed by atoms with E-state index in [1.54, 1.807) is 0 Å².